The van der Waals surface area contributed by atoms with Crippen LogP contribution in [0, 0.1) is 0 Å². The van der Waals surface area contributed by atoms with E-state index in [1.807, 2.05) is 28.9 Å². The number of hydrogen-bond donors (Lipinski definition) is 1. The Morgan fingerprint density at radius 1 is 1.09 bits per heavy atom. The van der Waals surface area contributed by atoms with Crippen molar-refractivity contribution in [3.63, 3.8) is 0 Å². The molecule has 1 atom stereocenters. The molecular weight excluding hydrogens is 404 g/mol. The number of methoxy groups -OCH3 is 1. The highest BCUT2D eigenvalue weighted by Gasteiger charge is 2.34. The van der Waals surface area contributed by atoms with Gasteiger partial charge in [-0.25, -0.2) is 4.68 Å². The fourth-order valence-corrected chi connectivity index (χ4v) is 5.56. The van der Waals surface area contributed by atoms with Gasteiger partial charge < -0.3 is 9.72 Å². The minimum Gasteiger partial charge on any atom is -0.497 e. The highest BCUT2D eigenvalue weighted by Crippen LogP contribution is 2.36. The molecule has 0 aliphatic heterocycles. The van der Waals surface area contributed by atoms with Gasteiger partial charge in [-0.15, -0.1) is 5.10 Å². The van der Waals surface area contributed by atoms with Crippen LogP contribution in [0.5, 0.6) is 5.75 Å². The summed E-state index contributed by atoms with van der Waals surface area (Å²) < 4.78 is 7.41. The summed E-state index contributed by atoms with van der Waals surface area (Å²) in [4.78, 5) is 18.8. The zero-order valence-corrected chi connectivity index (χ0v) is 19.0. The second-order valence-corrected chi connectivity index (χ2v) is 9.29. The average molecular weight is 437 g/mol. The van der Waals surface area contributed by atoms with Gasteiger partial charge in [0.1, 0.15) is 11.8 Å². The maximum absolute atomic E-state index is 13.4. The van der Waals surface area contributed by atoms with Crippen LogP contribution >= 0.6 is 0 Å². The Morgan fingerprint density at radius 2 is 1.84 bits per heavy atom. The van der Waals surface area contributed by atoms with Crippen molar-refractivity contribution in [1.82, 2.24) is 30.1 Å². The lowest BCUT2D eigenvalue weighted by molar-refractivity contribution is 0.147. The summed E-state index contributed by atoms with van der Waals surface area (Å²) in [6.07, 6.45) is 10.6. The van der Waals surface area contributed by atoms with Crippen LogP contribution in [0.1, 0.15) is 81.3 Å². The fourth-order valence-electron chi connectivity index (χ4n) is 5.56. The molecule has 1 unspecified atom stereocenters. The van der Waals surface area contributed by atoms with Crippen LogP contribution in [-0.2, 0) is 0 Å². The molecule has 0 spiro atoms. The van der Waals surface area contributed by atoms with Crippen molar-refractivity contribution in [3.8, 4) is 5.75 Å². The summed E-state index contributed by atoms with van der Waals surface area (Å²) in [6, 6.07) is 8.13. The van der Waals surface area contributed by atoms with Crippen molar-refractivity contribution in [2.24, 2.45) is 0 Å². The third-order valence-electron chi connectivity index (χ3n) is 7.37. The van der Waals surface area contributed by atoms with Gasteiger partial charge in [-0.1, -0.05) is 32.1 Å². The summed E-state index contributed by atoms with van der Waals surface area (Å²) in [6.45, 7) is 0. The number of rotatable bonds is 6. The van der Waals surface area contributed by atoms with E-state index in [-0.39, 0.29) is 11.6 Å². The van der Waals surface area contributed by atoms with E-state index in [1.54, 1.807) is 7.11 Å². The van der Waals surface area contributed by atoms with Crippen LogP contribution in [0.2, 0.25) is 0 Å². The largest absolute Gasteiger partial charge is 0.497 e. The normalized spacial score (nSPS) is 19.1. The number of nitrogens with zero attached hydrogens (tertiary/aromatic N) is 5. The minimum atomic E-state index is -0.298. The van der Waals surface area contributed by atoms with Crippen molar-refractivity contribution < 1.29 is 4.74 Å². The lowest BCUT2D eigenvalue weighted by Crippen LogP contribution is -2.40. The quantitative estimate of drug-likeness (QED) is 0.628. The summed E-state index contributed by atoms with van der Waals surface area (Å²) in [5.74, 6) is 1.54. The van der Waals surface area contributed by atoms with Crippen LogP contribution in [0.3, 0.4) is 0 Å². The number of aromatic amines is 1. The van der Waals surface area contributed by atoms with Crippen LogP contribution in [-0.4, -0.2) is 50.3 Å². The summed E-state index contributed by atoms with van der Waals surface area (Å²) in [7, 11) is 3.78. The second kappa shape index (κ2) is 9.02. The van der Waals surface area contributed by atoms with Gasteiger partial charge in [0, 0.05) is 22.5 Å². The molecular formula is C24H32N6O2. The summed E-state index contributed by atoms with van der Waals surface area (Å²) in [5, 5.41) is 13.9. The molecule has 0 amide bonds. The van der Waals surface area contributed by atoms with Crippen molar-refractivity contribution in [2.75, 3.05) is 14.2 Å². The first-order valence-electron chi connectivity index (χ1n) is 11.9. The molecule has 1 N–H and O–H groups in total. The van der Waals surface area contributed by atoms with E-state index in [4.69, 9.17) is 4.74 Å². The molecule has 2 aliphatic rings. The lowest BCUT2D eigenvalue weighted by Gasteiger charge is -2.36. The van der Waals surface area contributed by atoms with Crippen LogP contribution in [0.15, 0.2) is 29.1 Å². The fraction of sp³-hybridized carbons (Fsp3) is 0.583. The third kappa shape index (κ3) is 3.92. The molecule has 2 aromatic heterocycles. The summed E-state index contributed by atoms with van der Waals surface area (Å²) in [5.41, 5.74) is 1.40. The van der Waals surface area contributed by atoms with Gasteiger partial charge in [0.05, 0.1) is 13.2 Å². The Bertz CT molecular complexity index is 1130. The molecule has 170 valence electrons. The van der Waals surface area contributed by atoms with E-state index in [0.29, 0.717) is 17.6 Å². The Balaban J connectivity index is 1.64. The summed E-state index contributed by atoms with van der Waals surface area (Å²) >= 11 is 0. The first-order chi connectivity index (χ1) is 15.7. The number of nitrogens with one attached hydrogen (secondary N) is 1. The Labute approximate surface area is 188 Å². The zero-order valence-electron chi connectivity index (χ0n) is 19.0. The van der Waals surface area contributed by atoms with E-state index in [2.05, 4.69) is 32.5 Å². The molecule has 2 saturated carbocycles. The first kappa shape index (κ1) is 21.1. The van der Waals surface area contributed by atoms with Crippen molar-refractivity contribution >= 4 is 10.9 Å². The van der Waals surface area contributed by atoms with Crippen LogP contribution in [0.25, 0.3) is 10.9 Å². The third-order valence-corrected chi connectivity index (χ3v) is 7.37. The number of hydrogen-bond acceptors (Lipinski definition) is 6. The Kier molecular flexibility index (Phi) is 5.95. The molecule has 0 bridgehead atoms. The number of tetrazole rings is 1. The van der Waals surface area contributed by atoms with E-state index in [0.717, 1.165) is 48.2 Å². The predicted molar refractivity (Wildman–Crippen MR) is 123 cm³/mol. The topological polar surface area (TPSA) is 88.9 Å². The number of benzene rings is 1. The van der Waals surface area contributed by atoms with Crippen molar-refractivity contribution in [2.45, 2.75) is 75.9 Å². The van der Waals surface area contributed by atoms with Gasteiger partial charge >= 0.3 is 0 Å². The average Bonchev–Trinajstić information content (AvgIpc) is 3.52. The Hall–Kier alpha value is -2.74. The maximum atomic E-state index is 13.4. The van der Waals surface area contributed by atoms with E-state index in [9.17, 15) is 4.79 Å². The van der Waals surface area contributed by atoms with Gasteiger partial charge in [-0.3, -0.25) is 9.69 Å². The highest BCUT2D eigenvalue weighted by molar-refractivity contribution is 5.80. The lowest BCUT2D eigenvalue weighted by atomic mass is 9.92. The molecule has 32 heavy (non-hydrogen) atoms. The van der Waals surface area contributed by atoms with Crippen LogP contribution < -0.4 is 10.3 Å². The predicted octanol–water partition coefficient (Wildman–Crippen LogP) is 3.99. The monoisotopic (exact) mass is 436 g/mol. The molecule has 3 aromatic rings. The van der Waals surface area contributed by atoms with Gasteiger partial charge in [-0.05, 0) is 67.4 Å². The van der Waals surface area contributed by atoms with Gasteiger partial charge in [-0.2, -0.15) is 0 Å². The molecule has 8 heteroatoms. The molecule has 2 aliphatic carbocycles. The van der Waals surface area contributed by atoms with E-state index < -0.39 is 0 Å². The van der Waals surface area contributed by atoms with E-state index >= 15 is 0 Å². The van der Waals surface area contributed by atoms with Crippen molar-refractivity contribution in [1.29, 1.82) is 0 Å². The number of pyridine rings is 1. The zero-order chi connectivity index (χ0) is 22.1. The standard InChI is InChI=1S/C24H32N6O2/c1-29(17-8-4-3-5-9-17)22(23-26-27-28-30(23)18-10-6-7-11-18)20-15-16-14-19(32-2)12-13-21(16)25-24(20)31/h12-15,17-18,22H,3-11H2,1-2H3,(H,25,31). The van der Waals surface area contributed by atoms with Gasteiger partial charge in [0.2, 0.25) is 0 Å². The minimum absolute atomic E-state index is 0.0868. The molecule has 2 heterocycles. The number of aromatic nitrogens is 5. The second-order valence-electron chi connectivity index (χ2n) is 9.29. The molecule has 5 rings (SSSR count). The molecule has 0 saturated heterocycles. The molecule has 2 fully saturated rings. The van der Waals surface area contributed by atoms with Crippen molar-refractivity contribution in [3.05, 3.63) is 46.0 Å². The maximum Gasteiger partial charge on any atom is 0.253 e. The van der Waals surface area contributed by atoms with Crippen LogP contribution in [0.4, 0.5) is 0 Å². The Morgan fingerprint density at radius 3 is 2.59 bits per heavy atom. The number of ether oxygens (including phenoxy) is 1. The highest BCUT2D eigenvalue weighted by atomic mass is 16.5. The van der Waals surface area contributed by atoms with Gasteiger partial charge in [0.15, 0.2) is 5.82 Å². The first-order valence-corrected chi connectivity index (χ1v) is 11.9. The number of H-pyrrole nitrogens is 1. The van der Waals surface area contributed by atoms with E-state index in [1.165, 1.54) is 32.1 Å². The number of fused-ring (bicyclic) bond motifs is 1. The smallest absolute Gasteiger partial charge is 0.253 e. The molecule has 1 aromatic carbocycles. The SMILES string of the molecule is COc1ccc2[nH]c(=O)c(C(c3nnnn3C3CCCC3)N(C)C3CCCCC3)cc2c1. The molecule has 0 radical (unpaired) electrons. The van der Waals surface area contributed by atoms with Gasteiger partial charge in [0.25, 0.3) is 5.56 Å². The molecule has 8 nitrogen and oxygen atoms in total.